The van der Waals surface area contributed by atoms with Crippen LogP contribution in [0.2, 0.25) is 0 Å². The van der Waals surface area contributed by atoms with Crippen molar-refractivity contribution in [3.05, 3.63) is 34.8 Å². The normalized spacial score (nSPS) is 11.4. The van der Waals surface area contributed by atoms with E-state index in [1.807, 2.05) is 29.3 Å². The summed E-state index contributed by atoms with van der Waals surface area (Å²) in [6, 6.07) is 7.82. The van der Waals surface area contributed by atoms with Gasteiger partial charge in [-0.3, -0.25) is 0 Å². The molecule has 1 aromatic rings. The Kier molecular flexibility index (Phi) is 3.82. The Labute approximate surface area is 88.7 Å². The van der Waals surface area contributed by atoms with Gasteiger partial charge < -0.3 is 4.74 Å². The largest absolute Gasteiger partial charge is 0.496 e. The summed E-state index contributed by atoms with van der Waals surface area (Å²) in [4.78, 5) is 1.81. The van der Waals surface area contributed by atoms with Crippen LogP contribution >= 0.6 is 31.9 Å². The summed E-state index contributed by atoms with van der Waals surface area (Å²) >= 11 is 6.66. The second-order valence-corrected chi connectivity index (χ2v) is 3.47. The van der Waals surface area contributed by atoms with E-state index < -0.39 is 0 Å². The van der Waals surface area contributed by atoms with Crippen molar-refractivity contribution in [2.45, 2.75) is 0 Å². The average Bonchev–Trinajstić information content (AvgIpc) is 2.16. The van der Waals surface area contributed by atoms with Crippen LogP contribution in [-0.4, -0.2) is 7.11 Å². The molecule has 0 bridgehead atoms. The molecular formula is C9H8Br2O. The zero-order chi connectivity index (χ0) is 8.97. The first-order valence-corrected chi connectivity index (χ1v) is 5.09. The van der Waals surface area contributed by atoms with E-state index >= 15 is 0 Å². The monoisotopic (exact) mass is 290 g/mol. The van der Waals surface area contributed by atoms with Crippen LogP contribution in [0.5, 0.6) is 5.75 Å². The van der Waals surface area contributed by atoms with E-state index in [0.717, 1.165) is 15.8 Å². The van der Waals surface area contributed by atoms with Gasteiger partial charge in [-0.2, -0.15) is 0 Å². The van der Waals surface area contributed by atoms with E-state index in [2.05, 4.69) is 31.9 Å². The lowest BCUT2D eigenvalue weighted by molar-refractivity contribution is 0.414. The van der Waals surface area contributed by atoms with Crippen molar-refractivity contribution in [1.29, 1.82) is 0 Å². The van der Waals surface area contributed by atoms with Gasteiger partial charge >= 0.3 is 0 Å². The quantitative estimate of drug-likeness (QED) is 0.806. The molecule has 0 aliphatic carbocycles. The van der Waals surface area contributed by atoms with Gasteiger partial charge in [0.2, 0.25) is 0 Å². The van der Waals surface area contributed by atoms with Gasteiger partial charge in [0.1, 0.15) is 5.75 Å². The molecule has 1 nitrogen and oxygen atoms in total. The Morgan fingerprint density at radius 3 is 2.67 bits per heavy atom. The number of hydrogen-bond donors (Lipinski definition) is 0. The van der Waals surface area contributed by atoms with Crippen LogP contribution in [-0.2, 0) is 0 Å². The van der Waals surface area contributed by atoms with E-state index in [4.69, 9.17) is 4.74 Å². The van der Waals surface area contributed by atoms with Crippen LogP contribution in [0.15, 0.2) is 29.3 Å². The molecule has 0 saturated carbocycles. The third kappa shape index (κ3) is 2.11. The van der Waals surface area contributed by atoms with Crippen LogP contribution in [0, 0.1) is 0 Å². The van der Waals surface area contributed by atoms with Gasteiger partial charge in [-0.25, -0.2) is 0 Å². The molecule has 0 amide bonds. The van der Waals surface area contributed by atoms with Gasteiger partial charge in [-0.15, -0.1) is 0 Å². The van der Waals surface area contributed by atoms with Crippen molar-refractivity contribution in [2.24, 2.45) is 0 Å². The smallest absolute Gasteiger partial charge is 0.127 e. The van der Waals surface area contributed by atoms with E-state index in [1.165, 1.54) is 0 Å². The van der Waals surface area contributed by atoms with E-state index in [-0.39, 0.29) is 0 Å². The van der Waals surface area contributed by atoms with Crippen LogP contribution in [0.3, 0.4) is 0 Å². The Morgan fingerprint density at radius 2 is 2.08 bits per heavy atom. The molecule has 0 heterocycles. The molecule has 1 rings (SSSR count). The number of hydrogen-bond acceptors (Lipinski definition) is 1. The Bertz CT molecular complexity index is 294. The third-order valence-corrected chi connectivity index (χ3v) is 3.19. The molecule has 0 radical (unpaired) electrons. The maximum atomic E-state index is 5.18. The van der Waals surface area contributed by atoms with Gasteiger partial charge in [0.25, 0.3) is 0 Å². The number of rotatable bonds is 2. The highest BCUT2D eigenvalue weighted by Crippen LogP contribution is 2.30. The molecule has 0 aromatic heterocycles. The summed E-state index contributed by atoms with van der Waals surface area (Å²) in [5, 5.41) is 0. The fourth-order valence-electron chi connectivity index (χ4n) is 0.901. The van der Waals surface area contributed by atoms with E-state index in [1.54, 1.807) is 7.11 Å². The SMILES string of the molecule is COc1ccccc1/C(Br)=C/Br. The zero-order valence-electron chi connectivity index (χ0n) is 6.55. The fraction of sp³-hybridized carbons (Fsp3) is 0.111. The molecule has 0 atom stereocenters. The van der Waals surface area contributed by atoms with Crippen molar-refractivity contribution in [3.63, 3.8) is 0 Å². The molecule has 0 saturated heterocycles. The molecule has 0 unspecified atom stereocenters. The fourth-order valence-corrected chi connectivity index (χ4v) is 1.47. The first kappa shape index (κ1) is 9.81. The molecular weight excluding hydrogens is 284 g/mol. The molecule has 0 spiro atoms. The first-order valence-electron chi connectivity index (χ1n) is 3.39. The zero-order valence-corrected chi connectivity index (χ0v) is 9.72. The van der Waals surface area contributed by atoms with Gasteiger partial charge in [0, 0.05) is 10.0 Å². The Hall–Kier alpha value is -0.280. The van der Waals surface area contributed by atoms with Crippen molar-refractivity contribution in [1.82, 2.24) is 0 Å². The van der Waals surface area contributed by atoms with Crippen molar-refractivity contribution in [2.75, 3.05) is 7.11 Å². The summed E-state index contributed by atoms with van der Waals surface area (Å²) in [7, 11) is 1.66. The summed E-state index contributed by atoms with van der Waals surface area (Å²) in [6.45, 7) is 0. The first-order chi connectivity index (χ1) is 5.79. The molecule has 64 valence electrons. The van der Waals surface area contributed by atoms with E-state index in [9.17, 15) is 0 Å². The number of ether oxygens (including phenoxy) is 1. The summed E-state index contributed by atoms with van der Waals surface area (Å²) in [6.07, 6.45) is 0. The number of methoxy groups -OCH3 is 1. The maximum absolute atomic E-state index is 5.18. The van der Waals surface area contributed by atoms with Crippen LogP contribution in [0.4, 0.5) is 0 Å². The third-order valence-electron chi connectivity index (χ3n) is 1.46. The van der Waals surface area contributed by atoms with Gasteiger partial charge in [0.15, 0.2) is 0 Å². The summed E-state index contributed by atoms with van der Waals surface area (Å²) in [5.74, 6) is 0.861. The highest BCUT2D eigenvalue weighted by molar-refractivity contribution is 9.16. The predicted molar refractivity (Wildman–Crippen MR) is 58.8 cm³/mol. The van der Waals surface area contributed by atoms with E-state index in [0.29, 0.717) is 0 Å². The van der Waals surface area contributed by atoms with Gasteiger partial charge in [0.05, 0.1) is 7.11 Å². The second kappa shape index (κ2) is 4.67. The Balaban J connectivity index is 3.13. The minimum atomic E-state index is 0.861. The minimum Gasteiger partial charge on any atom is -0.496 e. The molecule has 1 aromatic carbocycles. The lowest BCUT2D eigenvalue weighted by Gasteiger charge is -2.05. The minimum absolute atomic E-state index is 0.861. The van der Waals surface area contributed by atoms with Crippen molar-refractivity contribution >= 4 is 36.3 Å². The van der Waals surface area contributed by atoms with Crippen LogP contribution in [0.25, 0.3) is 4.48 Å². The Morgan fingerprint density at radius 1 is 1.42 bits per heavy atom. The van der Waals surface area contributed by atoms with Gasteiger partial charge in [-0.1, -0.05) is 34.1 Å². The molecule has 0 aliphatic rings. The number of para-hydroxylation sites is 1. The predicted octanol–water partition coefficient (Wildman–Crippen LogP) is 3.78. The lowest BCUT2D eigenvalue weighted by Crippen LogP contribution is -1.86. The molecule has 0 fully saturated rings. The molecule has 0 aliphatic heterocycles. The molecule has 0 N–H and O–H groups in total. The van der Waals surface area contributed by atoms with Crippen LogP contribution < -0.4 is 4.74 Å². The number of benzene rings is 1. The molecule has 12 heavy (non-hydrogen) atoms. The summed E-state index contributed by atoms with van der Waals surface area (Å²) < 4.78 is 6.15. The standard InChI is InChI=1S/C9H8Br2O/c1-12-9-5-3-2-4-7(9)8(11)6-10/h2-6H,1H3/b8-6-. The highest BCUT2D eigenvalue weighted by atomic mass is 79.9. The molecule has 3 heteroatoms. The maximum Gasteiger partial charge on any atom is 0.127 e. The van der Waals surface area contributed by atoms with Crippen molar-refractivity contribution < 1.29 is 4.74 Å². The highest BCUT2D eigenvalue weighted by Gasteiger charge is 2.02. The summed E-state index contributed by atoms with van der Waals surface area (Å²) in [5.41, 5.74) is 1.04. The average molecular weight is 292 g/mol. The lowest BCUT2D eigenvalue weighted by atomic mass is 10.2. The van der Waals surface area contributed by atoms with Crippen LogP contribution in [0.1, 0.15) is 5.56 Å². The number of halogens is 2. The topological polar surface area (TPSA) is 9.23 Å². The van der Waals surface area contributed by atoms with Gasteiger partial charge in [-0.05, 0) is 27.0 Å². The van der Waals surface area contributed by atoms with Crippen molar-refractivity contribution in [3.8, 4) is 5.75 Å². The second-order valence-electron chi connectivity index (χ2n) is 2.16.